The van der Waals surface area contributed by atoms with E-state index in [1.165, 1.54) is 6.07 Å². The van der Waals surface area contributed by atoms with Crippen LogP contribution in [0.15, 0.2) is 18.2 Å². The molecule has 1 unspecified atom stereocenters. The molecule has 2 nitrogen and oxygen atoms in total. The van der Waals surface area contributed by atoms with Gasteiger partial charge in [0.05, 0.1) is 17.2 Å². The fourth-order valence-corrected chi connectivity index (χ4v) is 1.99. The van der Waals surface area contributed by atoms with E-state index in [1.54, 1.807) is 13.0 Å². The molecule has 0 aliphatic carbocycles. The summed E-state index contributed by atoms with van der Waals surface area (Å²) in [5.41, 5.74) is -0.400. The number of para-hydroxylation sites is 1. The molecule has 1 aliphatic heterocycles. The van der Waals surface area contributed by atoms with Crippen molar-refractivity contribution in [1.29, 1.82) is 0 Å². The van der Waals surface area contributed by atoms with Crippen LogP contribution in [0.2, 0.25) is 0 Å². The molecule has 0 fully saturated rings. The Hall–Kier alpha value is -1.52. The normalized spacial score (nSPS) is 19.5. The number of hydrogen-bond acceptors (Lipinski definition) is 1. The lowest BCUT2D eigenvalue weighted by Crippen LogP contribution is -2.12. The number of rotatable bonds is 1. The van der Waals surface area contributed by atoms with Crippen LogP contribution in [0.4, 0.5) is 18.9 Å². The molecule has 0 saturated heterocycles. The summed E-state index contributed by atoms with van der Waals surface area (Å²) in [6.45, 7) is 1.78. The molecular formula is C11H10F3NO. The van der Waals surface area contributed by atoms with Crippen molar-refractivity contribution in [2.24, 2.45) is 0 Å². The second kappa shape index (κ2) is 3.50. The summed E-state index contributed by atoms with van der Waals surface area (Å²) in [5, 5.41) is 2.31. The number of benzene rings is 1. The second-order valence-corrected chi connectivity index (χ2v) is 3.72. The standard InChI is InChI=1S/C11H10F3NO/c1-2-6-7-4-3-5-8(11(12,13)14)9(7)15-10(6)16/h3-6H,2H2,1H3,(H,15,16). The molecule has 0 spiro atoms. The molecule has 0 bridgehead atoms. The summed E-state index contributed by atoms with van der Waals surface area (Å²) < 4.78 is 37.9. The molecule has 16 heavy (non-hydrogen) atoms. The van der Waals surface area contributed by atoms with Crippen LogP contribution >= 0.6 is 0 Å². The van der Waals surface area contributed by atoms with Gasteiger partial charge in [-0.25, -0.2) is 0 Å². The van der Waals surface area contributed by atoms with Gasteiger partial charge < -0.3 is 5.32 Å². The molecule has 0 aromatic heterocycles. The van der Waals surface area contributed by atoms with Gasteiger partial charge in [0.1, 0.15) is 0 Å². The van der Waals surface area contributed by atoms with E-state index in [9.17, 15) is 18.0 Å². The van der Waals surface area contributed by atoms with Gasteiger partial charge in [0.15, 0.2) is 0 Å². The number of carbonyl (C=O) groups is 1. The van der Waals surface area contributed by atoms with E-state index in [2.05, 4.69) is 5.32 Å². The minimum Gasteiger partial charge on any atom is -0.325 e. The number of anilines is 1. The van der Waals surface area contributed by atoms with Gasteiger partial charge in [-0.1, -0.05) is 19.1 Å². The zero-order valence-corrected chi connectivity index (χ0v) is 8.56. The van der Waals surface area contributed by atoms with E-state index in [0.29, 0.717) is 12.0 Å². The average molecular weight is 229 g/mol. The molecule has 1 aromatic carbocycles. The lowest BCUT2D eigenvalue weighted by Gasteiger charge is -2.11. The van der Waals surface area contributed by atoms with Crippen molar-refractivity contribution in [2.75, 3.05) is 5.32 Å². The highest BCUT2D eigenvalue weighted by Crippen LogP contribution is 2.43. The van der Waals surface area contributed by atoms with Crippen LogP contribution in [-0.4, -0.2) is 5.91 Å². The Kier molecular flexibility index (Phi) is 2.40. The van der Waals surface area contributed by atoms with Crippen molar-refractivity contribution in [3.63, 3.8) is 0 Å². The van der Waals surface area contributed by atoms with Gasteiger partial charge in [-0.15, -0.1) is 0 Å². The first-order valence-corrected chi connectivity index (χ1v) is 4.96. The van der Waals surface area contributed by atoms with Crippen LogP contribution in [-0.2, 0) is 11.0 Å². The molecule has 0 radical (unpaired) electrons. The van der Waals surface area contributed by atoms with E-state index >= 15 is 0 Å². The quantitative estimate of drug-likeness (QED) is 0.787. The molecule has 0 saturated carbocycles. The van der Waals surface area contributed by atoms with Crippen molar-refractivity contribution in [1.82, 2.24) is 0 Å². The highest BCUT2D eigenvalue weighted by atomic mass is 19.4. The Balaban J connectivity index is 2.56. The predicted molar refractivity (Wildman–Crippen MR) is 53.1 cm³/mol. The lowest BCUT2D eigenvalue weighted by atomic mass is 9.96. The average Bonchev–Trinajstić information content (AvgIpc) is 2.50. The molecule has 1 heterocycles. The molecule has 1 atom stereocenters. The van der Waals surface area contributed by atoms with Gasteiger partial charge in [0.2, 0.25) is 5.91 Å². The third-order valence-corrected chi connectivity index (χ3v) is 2.75. The highest BCUT2D eigenvalue weighted by Gasteiger charge is 2.39. The largest absolute Gasteiger partial charge is 0.418 e. The molecule has 5 heteroatoms. The highest BCUT2D eigenvalue weighted by molar-refractivity contribution is 6.03. The van der Waals surface area contributed by atoms with Gasteiger partial charge in [0.25, 0.3) is 0 Å². The summed E-state index contributed by atoms with van der Waals surface area (Å²) >= 11 is 0. The summed E-state index contributed by atoms with van der Waals surface area (Å²) in [4.78, 5) is 11.5. The molecule has 86 valence electrons. The number of carbonyl (C=O) groups excluding carboxylic acids is 1. The lowest BCUT2D eigenvalue weighted by molar-refractivity contribution is -0.136. The van der Waals surface area contributed by atoms with E-state index < -0.39 is 17.7 Å². The maximum absolute atomic E-state index is 12.6. The smallest absolute Gasteiger partial charge is 0.325 e. The summed E-state index contributed by atoms with van der Waals surface area (Å²) in [7, 11) is 0. The van der Waals surface area contributed by atoms with Crippen molar-refractivity contribution >= 4 is 11.6 Å². The first-order valence-electron chi connectivity index (χ1n) is 4.96. The molecule has 1 aliphatic rings. The Labute approximate surface area is 90.5 Å². The number of hydrogen-bond donors (Lipinski definition) is 1. The van der Waals surface area contributed by atoms with E-state index in [1.807, 2.05) is 0 Å². The second-order valence-electron chi connectivity index (χ2n) is 3.72. The molecule has 1 N–H and O–H groups in total. The predicted octanol–water partition coefficient (Wildman–Crippen LogP) is 3.15. The first-order chi connectivity index (χ1) is 7.45. The zero-order chi connectivity index (χ0) is 11.9. The molecule has 1 amide bonds. The summed E-state index contributed by atoms with van der Waals surface area (Å²) in [6, 6.07) is 3.89. The Morgan fingerprint density at radius 2 is 2.06 bits per heavy atom. The first kappa shape index (κ1) is 11.0. The topological polar surface area (TPSA) is 29.1 Å². The summed E-state index contributed by atoms with van der Waals surface area (Å²) in [6.07, 6.45) is -3.93. The van der Waals surface area contributed by atoms with Gasteiger partial charge in [-0.2, -0.15) is 13.2 Å². The molecule has 2 rings (SSSR count). The maximum atomic E-state index is 12.6. The number of amides is 1. The summed E-state index contributed by atoms with van der Waals surface area (Å²) in [5.74, 6) is -0.813. The minimum atomic E-state index is -4.43. The van der Waals surface area contributed by atoms with Gasteiger partial charge in [-0.3, -0.25) is 4.79 Å². The zero-order valence-electron chi connectivity index (χ0n) is 8.56. The Morgan fingerprint density at radius 3 is 2.62 bits per heavy atom. The van der Waals surface area contributed by atoms with E-state index in [-0.39, 0.29) is 11.6 Å². The number of alkyl halides is 3. The monoisotopic (exact) mass is 229 g/mol. The van der Waals surface area contributed by atoms with Crippen LogP contribution in [0.3, 0.4) is 0 Å². The van der Waals surface area contributed by atoms with Crippen LogP contribution in [0, 0.1) is 0 Å². The van der Waals surface area contributed by atoms with Crippen LogP contribution in [0.5, 0.6) is 0 Å². The number of halogens is 3. The fraction of sp³-hybridized carbons (Fsp3) is 0.364. The van der Waals surface area contributed by atoms with Crippen LogP contribution in [0.1, 0.15) is 30.4 Å². The minimum absolute atomic E-state index is 0.0770. The van der Waals surface area contributed by atoms with E-state index in [4.69, 9.17) is 0 Å². The third-order valence-electron chi connectivity index (χ3n) is 2.75. The van der Waals surface area contributed by atoms with Gasteiger partial charge in [-0.05, 0) is 18.1 Å². The Morgan fingerprint density at radius 1 is 1.38 bits per heavy atom. The van der Waals surface area contributed by atoms with E-state index in [0.717, 1.165) is 6.07 Å². The van der Waals surface area contributed by atoms with Crippen molar-refractivity contribution in [3.8, 4) is 0 Å². The van der Waals surface area contributed by atoms with Crippen molar-refractivity contribution in [3.05, 3.63) is 29.3 Å². The van der Waals surface area contributed by atoms with Gasteiger partial charge >= 0.3 is 6.18 Å². The molecule has 1 aromatic rings. The third kappa shape index (κ3) is 1.56. The number of nitrogens with one attached hydrogen (secondary N) is 1. The van der Waals surface area contributed by atoms with Crippen molar-refractivity contribution in [2.45, 2.75) is 25.4 Å². The molecular weight excluding hydrogens is 219 g/mol. The van der Waals surface area contributed by atoms with Crippen LogP contribution in [0.25, 0.3) is 0 Å². The SMILES string of the molecule is CCC1C(=O)Nc2c1cccc2C(F)(F)F. The van der Waals surface area contributed by atoms with Gasteiger partial charge in [0, 0.05) is 0 Å². The maximum Gasteiger partial charge on any atom is 0.418 e. The van der Waals surface area contributed by atoms with Crippen molar-refractivity contribution < 1.29 is 18.0 Å². The Bertz CT molecular complexity index is 439. The number of fused-ring (bicyclic) bond motifs is 1. The fourth-order valence-electron chi connectivity index (χ4n) is 1.99. The van der Waals surface area contributed by atoms with Crippen LogP contribution < -0.4 is 5.32 Å².